The van der Waals surface area contributed by atoms with Crippen molar-refractivity contribution < 1.29 is 24.2 Å². The van der Waals surface area contributed by atoms with E-state index < -0.39 is 24.2 Å². The van der Waals surface area contributed by atoms with Gasteiger partial charge in [-0.25, -0.2) is 4.79 Å². The summed E-state index contributed by atoms with van der Waals surface area (Å²) in [4.78, 5) is 45.2. The summed E-state index contributed by atoms with van der Waals surface area (Å²) < 4.78 is 5.66. The Morgan fingerprint density at radius 1 is 1.06 bits per heavy atom. The van der Waals surface area contributed by atoms with Crippen LogP contribution in [-0.4, -0.2) is 57.4 Å². The van der Waals surface area contributed by atoms with Crippen molar-refractivity contribution in [1.82, 2.24) is 9.88 Å². The number of nitrogens with zero attached hydrogens (tertiary/aromatic N) is 1. The molecule has 4 saturated carbocycles. The SMILES string of the molecule is Cc1[nH]c2ccccc2c1C(=O)C(C)OC(=O)C1CC(O)CN1C(=O)C12CC3CC(CC(C3)C1)C2. The topological polar surface area (TPSA) is 99.7 Å². The van der Waals surface area contributed by atoms with Crippen LogP contribution in [0, 0.1) is 30.1 Å². The molecule has 1 aromatic heterocycles. The second-order valence-electron chi connectivity index (χ2n) is 11.7. The Bertz CT molecular complexity index is 1160. The predicted octanol–water partition coefficient (Wildman–Crippen LogP) is 3.77. The fraction of sp³-hybridized carbons (Fsp3) is 0.607. The Hall–Kier alpha value is -2.67. The van der Waals surface area contributed by atoms with Gasteiger partial charge in [0.25, 0.3) is 0 Å². The highest BCUT2D eigenvalue weighted by molar-refractivity contribution is 6.11. The number of para-hydroxylation sites is 1. The number of nitrogens with one attached hydrogen (secondary N) is 1. The second-order valence-corrected chi connectivity index (χ2v) is 11.7. The number of hydrogen-bond acceptors (Lipinski definition) is 5. The number of rotatable bonds is 5. The maximum Gasteiger partial charge on any atom is 0.329 e. The van der Waals surface area contributed by atoms with Crippen LogP contribution in [0.15, 0.2) is 24.3 Å². The summed E-state index contributed by atoms with van der Waals surface area (Å²) in [6.07, 6.45) is 4.81. The van der Waals surface area contributed by atoms with Gasteiger partial charge in [-0.1, -0.05) is 18.2 Å². The van der Waals surface area contributed by atoms with E-state index in [1.54, 1.807) is 11.8 Å². The molecule has 7 nitrogen and oxygen atoms in total. The lowest BCUT2D eigenvalue weighted by molar-refractivity contribution is -0.166. The number of H-pyrrole nitrogens is 1. The number of Topliss-reactive ketones (excluding diaryl/α,β-unsaturated/α-hetero) is 1. The first kappa shape index (κ1) is 22.8. The van der Waals surface area contributed by atoms with Gasteiger partial charge >= 0.3 is 5.97 Å². The quantitative estimate of drug-likeness (QED) is 0.503. The van der Waals surface area contributed by atoms with Crippen LogP contribution in [0.3, 0.4) is 0 Å². The number of hydrogen-bond donors (Lipinski definition) is 2. The van der Waals surface area contributed by atoms with Gasteiger partial charge in [0.2, 0.25) is 11.7 Å². The zero-order valence-electron chi connectivity index (χ0n) is 20.5. The number of carbonyl (C=O) groups is 3. The van der Waals surface area contributed by atoms with Crippen molar-refractivity contribution in [1.29, 1.82) is 0 Å². The van der Waals surface area contributed by atoms with E-state index in [1.807, 2.05) is 31.2 Å². The van der Waals surface area contributed by atoms with Gasteiger partial charge < -0.3 is 19.7 Å². The number of aliphatic hydroxyl groups is 1. The average molecular weight is 479 g/mol. The molecule has 4 aliphatic carbocycles. The molecule has 1 amide bonds. The summed E-state index contributed by atoms with van der Waals surface area (Å²) in [5.74, 6) is 0.978. The van der Waals surface area contributed by atoms with Crippen LogP contribution in [0.4, 0.5) is 0 Å². The Morgan fingerprint density at radius 3 is 2.34 bits per heavy atom. The number of amides is 1. The van der Waals surface area contributed by atoms with Crippen LogP contribution < -0.4 is 0 Å². The van der Waals surface area contributed by atoms with Crippen LogP contribution in [0.2, 0.25) is 0 Å². The number of aromatic amines is 1. The van der Waals surface area contributed by atoms with E-state index in [0.717, 1.165) is 35.9 Å². The molecule has 1 aromatic carbocycles. The normalized spacial score (nSPS) is 34.4. The molecule has 4 bridgehead atoms. The molecule has 1 saturated heterocycles. The molecule has 7 heteroatoms. The van der Waals surface area contributed by atoms with Crippen molar-refractivity contribution in [2.24, 2.45) is 23.2 Å². The molecule has 3 atom stereocenters. The highest BCUT2D eigenvalue weighted by atomic mass is 16.5. The molecule has 5 aliphatic rings. The molecule has 1 aliphatic heterocycles. The Morgan fingerprint density at radius 2 is 1.69 bits per heavy atom. The van der Waals surface area contributed by atoms with Gasteiger partial charge in [0.05, 0.1) is 11.5 Å². The van der Waals surface area contributed by atoms with Crippen LogP contribution in [-0.2, 0) is 14.3 Å². The molecule has 0 spiro atoms. The zero-order valence-corrected chi connectivity index (χ0v) is 20.5. The fourth-order valence-corrected chi connectivity index (χ4v) is 8.04. The van der Waals surface area contributed by atoms with Crippen molar-refractivity contribution in [2.45, 2.75) is 77.0 Å². The first-order chi connectivity index (χ1) is 16.7. The summed E-state index contributed by atoms with van der Waals surface area (Å²) in [5.41, 5.74) is 1.72. The van der Waals surface area contributed by atoms with Gasteiger partial charge in [0.1, 0.15) is 6.04 Å². The fourth-order valence-electron chi connectivity index (χ4n) is 8.04. The Kier molecular flexibility index (Phi) is 5.33. The standard InChI is InChI=1S/C28H34N2O5/c1-15-24(21-5-3-4-6-22(21)29-15)25(32)16(2)35-26(33)23-10-20(31)14-30(23)27(34)28-11-17-7-18(12-28)9-19(8-17)13-28/h3-6,16-20,23,29,31H,7-14H2,1-2H3. The number of benzene rings is 1. The van der Waals surface area contributed by atoms with E-state index >= 15 is 0 Å². The third-order valence-corrected chi connectivity index (χ3v) is 9.11. The van der Waals surface area contributed by atoms with E-state index in [0.29, 0.717) is 23.3 Å². The smallest absolute Gasteiger partial charge is 0.329 e. The predicted molar refractivity (Wildman–Crippen MR) is 130 cm³/mol. The van der Waals surface area contributed by atoms with Crippen molar-refractivity contribution in [3.05, 3.63) is 35.5 Å². The van der Waals surface area contributed by atoms with E-state index in [9.17, 15) is 19.5 Å². The monoisotopic (exact) mass is 478 g/mol. The Labute approximate surface area is 205 Å². The molecular weight excluding hydrogens is 444 g/mol. The highest BCUT2D eigenvalue weighted by Crippen LogP contribution is 2.60. The van der Waals surface area contributed by atoms with E-state index in [2.05, 4.69) is 4.98 Å². The van der Waals surface area contributed by atoms with Gasteiger partial charge in [0, 0.05) is 35.1 Å². The summed E-state index contributed by atoms with van der Waals surface area (Å²) in [6, 6.07) is 6.71. The van der Waals surface area contributed by atoms with E-state index in [1.165, 1.54) is 19.3 Å². The molecular formula is C28H34N2O5. The number of fused-ring (bicyclic) bond motifs is 1. The summed E-state index contributed by atoms with van der Waals surface area (Å²) in [6.45, 7) is 3.57. The van der Waals surface area contributed by atoms with Crippen molar-refractivity contribution in [2.75, 3.05) is 6.54 Å². The average Bonchev–Trinajstić information content (AvgIpc) is 3.36. The number of aromatic nitrogens is 1. The lowest BCUT2D eigenvalue weighted by Crippen LogP contribution is -2.56. The molecule has 35 heavy (non-hydrogen) atoms. The number of aliphatic hydroxyl groups excluding tert-OH is 1. The highest BCUT2D eigenvalue weighted by Gasteiger charge is 2.57. The Balaban J connectivity index is 1.19. The molecule has 2 N–H and O–H groups in total. The van der Waals surface area contributed by atoms with Crippen molar-refractivity contribution in [3.63, 3.8) is 0 Å². The molecule has 2 aromatic rings. The maximum atomic E-state index is 13.9. The number of carbonyl (C=O) groups excluding carboxylic acids is 3. The van der Waals surface area contributed by atoms with Gasteiger partial charge in [-0.05, 0) is 76.2 Å². The third-order valence-electron chi connectivity index (χ3n) is 9.11. The minimum atomic E-state index is -0.991. The largest absolute Gasteiger partial charge is 0.453 e. The van der Waals surface area contributed by atoms with Crippen LogP contribution >= 0.6 is 0 Å². The number of likely N-dealkylation sites (tertiary alicyclic amines) is 1. The molecule has 5 fully saturated rings. The first-order valence-electron chi connectivity index (χ1n) is 13.1. The molecule has 2 heterocycles. The number of ether oxygens (including phenoxy) is 1. The van der Waals surface area contributed by atoms with Crippen LogP contribution in [0.1, 0.15) is 67.9 Å². The van der Waals surface area contributed by atoms with Gasteiger partial charge in [-0.15, -0.1) is 0 Å². The number of aryl methyl sites for hydroxylation is 1. The number of ketones is 1. The molecule has 186 valence electrons. The molecule has 0 radical (unpaired) electrons. The van der Waals surface area contributed by atoms with Crippen molar-refractivity contribution in [3.8, 4) is 0 Å². The molecule has 3 unspecified atom stereocenters. The first-order valence-corrected chi connectivity index (χ1v) is 13.1. The lowest BCUT2D eigenvalue weighted by atomic mass is 9.49. The lowest BCUT2D eigenvalue weighted by Gasteiger charge is -2.56. The summed E-state index contributed by atoms with van der Waals surface area (Å²) >= 11 is 0. The summed E-state index contributed by atoms with van der Waals surface area (Å²) in [7, 11) is 0. The van der Waals surface area contributed by atoms with Crippen LogP contribution in [0.25, 0.3) is 10.9 Å². The minimum Gasteiger partial charge on any atom is -0.453 e. The minimum absolute atomic E-state index is 0.0153. The van der Waals surface area contributed by atoms with Gasteiger partial charge in [0.15, 0.2) is 6.10 Å². The van der Waals surface area contributed by atoms with Crippen molar-refractivity contribution >= 4 is 28.6 Å². The van der Waals surface area contributed by atoms with E-state index in [4.69, 9.17) is 4.74 Å². The van der Waals surface area contributed by atoms with Gasteiger partial charge in [-0.3, -0.25) is 9.59 Å². The molecule has 7 rings (SSSR count). The number of esters is 1. The van der Waals surface area contributed by atoms with Crippen LogP contribution in [0.5, 0.6) is 0 Å². The van der Waals surface area contributed by atoms with E-state index in [-0.39, 0.29) is 30.1 Å². The zero-order chi connectivity index (χ0) is 24.5. The third kappa shape index (κ3) is 3.70. The summed E-state index contributed by atoms with van der Waals surface area (Å²) in [5, 5.41) is 11.2. The van der Waals surface area contributed by atoms with Gasteiger partial charge in [-0.2, -0.15) is 0 Å². The maximum absolute atomic E-state index is 13.9. The second kappa shape index (κ2) is 8.19. The number of β-amino-alcohol motifs (C(OH)–C–C–N with tert-alkyl or cyclic N) is 1.